The maximum absolute atomic E-state index is 10.7. The van der Waals surface area contributed by atoms with Crippen molar-refractivity contribution in [3.05, 3.63) is 0 Å². The van der Waals surface area contributed by atoms with Gasteiger partial charge in [-0.15, -0.1) is 0 Å². The van der Waals surface area contributed by atoms with Crippen LogP contribution in [0.25, 0.3) is 0 Å². The normalized spacial score (nSPS) is 18.1. The minimum atomic E-state index is -0.745. The Balaban J connectivity index is 0.000000461. The second-order valence-electron chi connectivity index (χ2n) is 2.05. The largest absolute Gasteiger partial charge is 0.366 e. The highest BCUT2D eigenvalue weighted by atomic mass is 16.5. The second-order valence-corrected chi connectivity index (χ2v) is 2.05. The number of carbonyl (C=O) groups is 2. The Kier molecular flexibility index (Phi) is 4.70. The lowest BCUT2D eigenvalue weighted by molar-refractivity contribution is -0.134. The summed E-state index contributed by atoms with van der Waals surface area (Å²) in [6.07, 6.45) is -0.0284. The Morgan fingerprint density at radius 3 is 1.73 bits per heavy atom. The first-order valence-corrected chi connectivity index (χ1v) is 3.84. The van der Waals surface area contributed by atoms with Crippen LogP contribution in [-0.2, 0) is 14.3 Å². The lowest BCUT2D eigenvalue weighted by atomic mass is 10.3. The number of carbonyl (C=O) groups excluding carboxylic acids is 2. The van der Waals surface area contributed by atoms with Crippen molar-refractivity contribution in [2.45, 2.75) is 32.8 Å². The van der Waals surface area contributed by atoms with Gasteiger partial charge in [0.15, 0.2) is 17.7 Å². The van der Waals surface area contributed by atoms with Gasteiger partial charge in [-0.1, -0.05) is 13.8 Å². The maximum Gasteiger partial charge on any atom is 0.173 e. The minimum Gasteiger partial charge on any atom is -0.366 e. The van der Waals surface area contributed by atoms with E-state index in [0.29, 0.717) is 12.8 Å². The van der Waals surface area contributed by atoms with E-state index >= 15 is 0 Å². The average Bonchev–Trinajstić information content (AvgIpc) is 2.35. The van der Waals surface area contributed by atoms with Crippen LogP contribution in [-0.4, -0.2) is 24.8 Å². The highest BCUT2D eigenvalue weighted by molar-refractivity contribution is 6.11. The topological polar surface area (TPSA) is 43.4 Å². The molecular formula is C8H14O3. The fraction of sp³-hybridized carbons (Fsp3) is 0.750. The van der Waals surface area contributed by atoms with Crippen molar-refractivity contribution in [3.63, 3.8) is 0 Å². The third-order valence-electron chi connectivity index (χ3n) is 1.44. The van der Waals surface area contributed by atoms with Crippen LogP contribution in [0.5, 0.6) is 0 Å². The minimum absolute atomic E-state index is 0.0810. The van der Waals surface area contributed by atoms with Gasteiger partial charge in [-0.25, -0.2) is 0 Å². The summed E-state index contributed by atoms with van der Waals surface area (Å²) in [5.74, 6) is -0.162. The molecule has 0 amide bonds. The van der Waals surface area contributed by atoms with Crippen molar-refractivity contribution in [1.29, 1.82) is 0 Å². The smallest absolute Gasteiger partial charge is 0.173 e. The Morgan fingerprint density at radius 1 is 1.18 bits per heavy atom. The predicted octanol–water partition coefficient (Wildman–Crippen LogP) is 0.960. The summed E-state index contributed by atoms with van der Waals surface area (Å²) in [7, 11) is 1.38. The summed E-state index contributed by atoms with van der Waals surface area (Å²) >= 11 is 0. The molecule has 0 aliphatic heterocycles. The van der Waals surface area contributed by atoms with Crippen LogP contribution in [0.1, 0.15) is 26.7 Å². The zero-order valence-electron chi connectivity index (χ0n) is 7.22. The number of rotatable bonds is 1. The van der Waals surface area contributed by atoms with Crippen LogP contribution in [0.4, 0.5) is 0 Å². The van der Waals surface area contributed by atoms with Gasteiger partial charge in [0, 0.05) is 20.0 Å². The van der Waals surface area contributed by atoms with E-state index in [-0.39, 0.29) is 11.6 Å². The molecule has 0 saturated heterocycles. The monoisotopic (exact) mass is 158 g/mol. The lowest BCUT2D eigenvalue weighted by Crippen LogP contribution is -2.22. The van der Waals surface area contributed by atoms with E-state index in [1.807, 2.05) is 13.8 Å². The lowest BCUT2D eigenvalue weighted by Gasteiger charge is -2.00. The van der Waals surface area contributed by atoms with Crippen molar-refractivity contribution in [1.82, 2.24) is 0 Å². The molecule has 0 radical (unpaired) electrons. The van der Waals surface area contributed by atoms with Gasteiger partial charge in [-0.3, -0.25) is 9.59 Å². The standard InChI is InChI=1S/C6H8O3.C2H6/c1-9-6-4(7)2-3-5(6)8;1-2/h6H,2-3H2,1H3;1-2H3. The first-order valence-electron chi connectivity index (χ1n) is 3.84. The molecule has 1 aliphatic carbocycles. The van der Waals surface area contributed by atoms with Crippen LogP contribution < -0.4 is 0 Å². The SMILES string of the molecule is CC.COC1C(=O)CCC1=O. The maximum atomic E-state index is 10.7. The molecule has 1 fully saturated rings. The van der Waals surface area contributed by atoms with E-state index in [4.69, 9.17) is 0 Å². The Labute approximate surface area is 66.7 Å². The molecule has 0 bridgehead atoms. The van der Waals surface area contributed by atoms with Crippen LogP contribution in [0.3, 0.4) is 0 Å². The van der Waals surface area contributed by atoms with Crippen LogP contribution >= 0.6 is 0 Å². The third kappa shape index (κ3) is 2.42. The molecule has 0 aromatic rings. The summed E-state index contributed by atoms with van der Waals surface area (Å²) in [6, 6.07) is 0. The van der Waals surface area contributed by atoms with E-state index in [1.165, 1.54) is 7.11 Å². The molecule has 1 aliphatic rings. The first-order chi connectivity index (χ1) is 5.25. The zero-order valence-corrected chi connectivity index (χ0v) is 7.22. The fourth-order valence-electron chi connectivity index (χ4n) is 0.951. The van der Waals surface area contributed by atoms with E-state index in [0.717, 1.165) is 0 Å². The molecular weight excluding hydrogens is 144 g/mol. The van der Waals surface area contributed by atoms with E-state index in [2.05, 4.69) is 4.74 Å². The molecule has 0 aromatic carbocycles. The van der Waals surface area contributed by atoms with Crippen molar-refractivity contribution >= 4 is 11.6 Å². The molecule has 0 unspecified atom stereocenters. The van der Waals surface area contributed by atoms with Crippen LogP contribution in [0.2, 0.25) is 0 Å². The molecule has 1 saturated carbocycles. The fourth-order valence-corrected chi connectivity index (χ4v) is 0.951. The van der Waals surface area contributed by atoms with Gasteiger partial charge in [-0.05, 0) is 0 Å². The molecule has 0 spiro atoms. The Morgan fingerprint density at radius 2 is 1.55 bits per heavy atom. The zero-order chi connectivity index (χ0) is 8.85. The van der Waals surface area contributed by atoms with E-state index in [9.17, 15) is 9.59 Å². The number of methoxy groups -OCH3 is 1. The Hall–Kier alpha value is -0.700. The molecule has 3 heteroatoms. The summed E-state index contributed by atoms with van der Waals surface area (Å²) in [5.41, 5.74) is 0. The van der Waals surface area contributed by atoms with Crippen molar-refractivity contribution in [2.75, 3.05) is 7.11 Å². The molecule has 3 nitrogen and oxygen atoms in total. The Bertz CT molecular complexity index is 135. The molecule has 11 heavy (non-hydrogen) atoms. The van der Waals surface area contributed by atoms with Gasteiger partial charge in [0.25, 0.3) is 0 Å². The third-order valence-corrected chi connectivity index (χ3v) is 1.44. The van der Waals surface area contributed by atoms with Crippen LogP contribution in [0.15, 0.2) is 0 Å². The molecule has 64 valence electrons. The van der Waals surface area contributed by atoms with Gasteiger partial charge in [0.2, 0.25) is 0 Å². The van der Waals surface area contributed by atoms with Crippen LogP contribution in [0, 0.1) is 0 Å². The molecule has 0 aromatic heterocycles. The average molecular weight is 158 g/mol. The van der Waals surface area contributed by atoms with Gasteiger partial charge in [-0.2, -0.15) is 0 Å². The summed E-state index contributed by atoms with van der Waals surface area (Å²) < 4.78 is 4.64. The molecule has 0 atom stereocenters. The van der Waals surface area contributed by atoms with Gasteiger partial charge in [0.05, 0.1) is 0 Å². The highest BCUT2D eigenvalue weighted by Crippen LogP contribution is 2.12. The molecule has 0 heterocycles. The number of Topliss-reactive ketones (excluding diaryl/α,β-unsaturated/α-hetero) is 2. The van der Waals surface area contributed by atoms with Gasteiger partial charge < -0.3 is 4.74 Å². The number of hydrogen-bond acceptors (Lipinski definition) is 3. The first kappa shape index (κ1) is 10.3. The van der Waals surface area contributed by atoms with E-state index < -0.39 is 6.10 Å². The number of ketones is 2. The molecule has 0 N–H and O–H groups in total. The second kappa shape index (κ2) is 5.02. The quantitative estimate of drug-likeness (QED) is 0.534. The van der Waals surface area contributed by atoms with Crippen molar-refractivity contribution < 1.29 is 14.3 Å². The van der Waals surface area contributed by atoms with Crippen molar-refractivity contribution in [2.24, 2.45) is 0 Å². The van der Waals surface area contributed by atoms with E-state index in [1.54, 1.807) is 0 Å². The van der Waals surface area contributed by atoms with Gasteiger partial charge in [0.1, 0.15) is 0 Å². The highest BCUT2D eigenvalue weighted by Gasteiger charge is 2.32. The molecule has 1 rings (SSSR count). The van der Waals surface area contributed by atoms with Crippen molar-refractivity contribution in [3.8, 4) is 0 Å². The summed E-state index contributed by atoms with van der Waals surface area (Å²) in [4.78, 5) is 21.3. The van der Waals surface area contributed by atoms with Gasteiger partial charge >= 0.3 is 0 Å². The predicted molar refractivity (Wildman–Crippen MR) is 41.4 cm³/mol. The number of hydrogen-bond donors (Lipinski definition) is 0. The summed E-state index contributed by atoms with van der Waals surface area (Å²) in [5, 5.41) is 0. The summed E-state index contributed by atoms with van der Waals surface area (Å²) in [6.45, 7) is 4.00. The number of ether oxygens (including phenoxy) is 1.